The third-order valence-corrected chi connectivity index (χ3v) is 5.15. The van der Waals surface area contributed by atoms with Crippen molar-refractivity contribution >= 4 is 11.3 Å². The van der Waals surface area contributed by atoms with Crippen LogP contribution in [0, 0.1) is 0 Å². The fourth-order valence-corrected chi connectivity index (χ4v) is 3.88. The molecule has 20 heavy (non-hydrogen) atoms. The van der Waals surface area contributed by atoms with E-state index in [1.165, 1.54) is 28.4 Å². The van der Waals surface area contributed by atoms with Crippen molar-refractivity contribution in [3.8, 4) is 0 Å². The van der Waals surface area contributed by atoms with Crippen LogP contribution < -0.4 is 0 Å². The predicted molar refractivity (Wildman–Crippen MR) is 82.4 cm³/mol. The van der Waals surface area contributed by atoms with Gasteiger partial charge in [0.25, 0.3) is 0 Å². The van der Waals surface area contributed by atoms with E-state index in [4.69, 9.17) is 9.97 Å². The maximum Gasteiger partial charge on any atom is 0.131 e. The number of rotatable bonds is 3. The van der Waals surface area contributed by atoms with Gasteiger partial charge in [-0.1, -0.05) is 20.8 Å². The second-order valence-corrected chi connectivity index (χ2v) is 6.88. The largest absolute Gasteiger partial charge is 0.245 e. The van der Waals surface area contributed by atoms with Crippen molar-refractivity contribution in [2.24, 2.45) is 0 Å². The zero-order valence-corrected chi connectivity index (χ0v) is 13.2. The highest BCUT2D eigenvalue weighted by Crippen LogP contribution is 2.38. The summed E-state index contributed by atoms with van der Waals surface area (Å²) in [6, 6.07) is 2.07. The van der Waals surface area contributed by atoms with Crippen molar-refractivity contribution < 1.29 is 0 Å². The summed E-state index contributed by atoms with van der Waals surface area (Å²) >= 11 is 1.89. The lowest BCUT2D eigenvalue weighted by Gasteiger charge is -2.21. The van der Waals surface area contributed by atoms with E-state index < -0.39 is 0 Å². The molecule has 106 valence electrons. The van der Waals surface area contributed by atoms with Gasteiger partial charge in [0.1, 0.15) is 5.82 Å². The minimum Gasteiger partial charge on any atom is -0.245 e. The fourth-order valence-electron chi connectivity index (χ4n) is 2.77. The van der Waals surface area contributed by atoms with Crippen LogP contribution in [0.15, 0.2) is 12.3 Å². The molecule has 1 aliphatic rings. The molecule has 1 aliphatic carbocycles. The number of aromatic nitrogens is 3. The third kappa shape index (κ3) is 2.49. The minimum absolute atomic E-state index is 0.371. The van der Waals surface area contributed by atoms with Gasteiger partial charge in [0.2, 0.25) is 0 Å². The Morgan fingerprint density at radius 1 is 1.35 bits per heavy atom. The summed E-state index contributed by atoms with van der Waals surface area (Å²) in [5, 5.41) is 1.26. The first-order valence-corrected chi connectivity index (χ1v) is 8.32. The Morgan fingerprint density at radius 2 is 2.20 bits per heavy atom. The first-order chi connectivity index (χ1) is 9.69. The van der Waals surface area contributed by atoms with Gasteiger partial charge in [-0.05, 0) is 31.7 Å². The van der Waals surface area contributed by atoms with Crippen LogP contribution in [0.3, 0.4) is 0 Å². The topological polar surface area (TPSA) is 38.7 Å². The van der Waals surface area contributed by atoms with Crippen LogP contribution in [-0.4, -0.2) is 15.0 Å². The molecule has 0 saturated heterocycles. The van der Waals surface area contributed by atoms with Crippen LogP contribution in [0.2, 0.25) is 0 Å². The molecule has 0 aliphatic heterocycles. The molecule has 0 radical (unpaired) electrons. The lowest BCUT2D eigenvalue weighted by molar-refractivity contribution is 0.589. The molecule has 4 heteroatoms. The van der Waals surface area contributed by atoms with Crippen molar-refractivity contribution in [3.05, 3.63) is 39.4 Å². The van der Waals surface area contributed by atoms with Crippen LogP contribution in [0.4, 0.5) is 0 Å². The lowest BCUT2D eigenvalue weighted by Crippen LogP contribution is -2.13. The van der Waals surface area contributed by atoms with Crippen molar-refractivity contribution in [3.63, 3.8) is 0 Å². The summed E-state index contributed by atoms with van der Waals surface area (Å²) in [5.41, 5.74) is 2.43. The standard InChI is InChI=1S/C16H21N3S/c1-4-14-19-15-11(6-5-7-13(15)20-14)12-8-9-17-16(18-12)10(2)3/h8-11H,4-7H2,1-3H3. The summed E-state index contributed by atoms with van der Waals surface area (Å²) < 4.78 is 0. The van der Waals surface area contributed by atoms with Crippen LogP contribution >= 0.6 is 11.3 Å². The normalized spacial score (nSPS) is 18.3. The lowest BCUT2D eigenvalue weighted by atomic mass is 9.88. The molecule has 2 heterocycles. The monoisotopic (exact) mass is 287 g/mol. The van der Waals surface area contributed by atoms with Gasteiger partial charge < -0.3 is 0 Å². The maximum absolute atomic E-state index is 4.86. The highest BCUT2D eigenvalue weighted by atomic mass is 32.1. The van der Waals surface area contributed by atoms with Gasteiger partial charge in [-0.3, -0.25) is 0 Å². The molecule has 0 spiro atoms. The molecule has 1 atom stereocenters. The molecule has 1 unspecified atom stereocenters. The number of hydrogen-bond donors (Lipinski definition) is 0. The van der Waals surface area contributed by atoms with E-state index in [-0.39, 0.29) is 0 Å². The molecule has 0 saturated carbocycles. The van der Waals surface area contributed by atoms with Gasteiger partial charge in [0, 0.05) is 22.9 Å². The van der Waals surface area contributed by atoms with E-state index in [9.17, 15) is 0 Å². The van der Waals surface area contributed by atoms with Crippen LogP contribution in [0.25, 0.3) is 0 Å². The highest BCUT2D eigenvalue weighted by Gasteiger charge is 2.27. The van der Waals surface area contributed by atoms with E-state index in [0.717, 1.165) is 24.4 Å². The average molecular weight is 287 g/mol. The van der Waals surface area contributed by atoms with Crippen molar-refractivity contribution in [1.82, 2.24) is 15.0 Å². The van der Waals surface area contributed by atoms with Gasteiger partial charge in [0.15, 0.2) is 0 Å². The second-order valence-electron chi connectivity index (χ2n) is 5.71. The smallest absolute Gasteiger partial charge is 0.131 e. The third-order valence-electron chi connectivity index (χ3n) is 3.87. The number of hydrogen-bond acceptors (Lipinski definition) is 4. The summed E-state index contributed by atoms with van der Waals surface area (Å²) in [7, 11) is 0. The van der Waals surface area contributed by atoms with E-state index in [2.05, 4.69) is 31.8 Å². The SMILES string of the molecule is CCc1nc2c(s1)CCCC2c1ccnc(C(C)C)n1. The Labute approximate surface area is 124 Å². The Morgan fingerprint density at radius 3 is 2.95 bits per heavy atom. The van der Waals surface area contributed by atoms with Gasteiger partial charge in [0.05, 0.1) is 16.4 Å². The molecule has 2 aromatic heterocycles. The van der Waals surface area contributed by atoms with Gasteiger partial charge >= 0.3 is 0 Å². The molecule has 0 N–H and O–H groups in total. The van der Waals surface area contributed by atoms with Crippen LogP contribution in [-0.2, 0) is 12.8 Å². The summed E-state index contributed by atoms with van der Waals surface area (Å²) in [4.78, 5) is 15.5. The quantitative estimate of drug-likeness (QED) is 0.853. The summed E-state index contributed by atoms with van der Waals surface area (Å²) in [5.74, 6) is 1.69. The first-order valence-electron chi connectivity index (χ1n) is 7.50. The number of fused-ring (bicyclic) bond motifs is 1. The molecule has 0 aromatic carbocycles. The molecule has 3 nitrogen and oxygen atoms in total. The Hall–Kier alpha value is -1.29. The Balaban J connectivity index is 1.99. The highest BCUT2D eigenvalue weighted by molar-refractivity contribution is 7.11. The van der Waals surface area contributed by atoms with Gasteiger partial charge in [-0.15, -0.1) is 11.3 Å². The zero-order valence-electron chi connectivity index (χ0n) is 12.4. The van der Waals surface area contributed by atoms with Crippen molar-refractivity contribution in [1.29, 1.82) is 0 Å². The minimum atomic E-state index is 0.371. The van der Waals surface area contributed by atoms with E-state index in [0.29, 0.717) is 11.8 Å². The Kier molecular flexibility index (Phi) is 3.83. The fraction of sp³-hybridized carbons (Fsp3) is 0.562. The average Bonchev–Trinajstić information content (AvgIpc) is 2.90. The van der Waals surface area contributed by atoms with E-state index in [1.807, 2.05) is 17.5 Å². The van der Waals surface area contributed by atoms with Crippen molar-refractivity contribution in [2.45, 2.75) is 58.3 Å². The molecule has 0 fully saturated rings. The molecule has 0 amide bonds. The van der Waals surface area contributed by atoms with E-state index in [1.54, 1.807) is 0 Å². The molecular weight excluding hydrogens is 266 g/mol. The second kappa shape index (κ2) is 5.60. The first kappa shape index (κ1) is 13.7. The van der Waals surface area contributed by atoms with E-state index >= 15 is 0 Å². The molecule has 3 rings (SSSR count). The zero-order chi connectivity index (χ0) is 14.1. The van der Waals surface area contributed by atoms with Crippen LogP contribution in [0.1, 0.15) is 72.5 Å². The van der Waals surface area contributed by atoms with Gasteiger partial charge in [-0.25, -0.2) is 15.0 Å². The Bertz CT molecular complexity index is 604. The van der Waals surface area contributed by atoms with Gasteiger partial charge in [-0.2, -0.15) is 0 Å². The molecular formula is C16H21N3S. The number of thiazole rings is 1. The van der Waals surface area contributed by atoms with Crippen molar-refractivity contribution in [2.75, 3.05) is 0 Å². The number of nitrogens with zero attached hydrogens (tertiary/aromatic N) is 3. The predicted octanol–water partition coefficient (Wildman–Crippen LogP) is 4.09. The maximum atomic E-state index is 4.86. The summed E-state index contributed by atoms with van der Waals surface area (Å²) in [6.45, 7) is 6.47. The van der Waals surface area contributed by atoms with Crippen LogP contribution in [0.5, 0.6) is 0 Å². The summed E-state index contributed by atoms with van der Waals surface area (Å²) in [6.07, 6.45) is 6.52. The molecule has 2 aromatic rings. The number of aryl methyl sites for hydroxylation is 2. The molecule has 0 bridgehead atoms.